The topological polar surface area (TPSA) is 130 Å². The lowest BCUT2D eigenvalue weighted by atomic mass is 9.96. The zero-order valence-electron chi connectivity index (χ0n) is 32.9. The van der Waals surface area contributed by atoms with Crippen molar-refractivity contribution in [1.82, 2.24) is 25.1 Å². The summed E-state index contributed by atoms with van der Waals surface area (Å²) in [6.45, 7) is 3.07. The van der Waals surface area contributed by atoms with E-state index >= 15 is 0 Å². The van der Waals surface area contributed by atoms with E-state index in [1.807, 2.05) is 72.8 Å². The van der Waals surface area contributed by atoms with Crippen LogP contribution >= 0.6 is 11.6 Å². The summed E-state index contributed by atoms with van der Waals surface area (Å²) in [6.07, 6.45) is 5.59. The van der Waals surface area contributed by atoms with Crippen LogP contribution < -0.4 is 19.5 Å². The Morgan fingerprint density at radius 3 is 2.56 bits per heavy atom. The zero-order chi connectivity index (χ0) is 40.7. The molecule has 59 heavy (non-hydrogen) atoms. The predicted molar refractivity (Wildman–Crippen MR) is 228 cm³/mol. The Labute approximate surface area is 347 Å². The predicted octanol–water partition coefficient (Wildman–Crippen LogP) is 8.40. The van der Waals surface area contributed by atoms with E-state index in [0.717, 1.165) is 75.1 Å². The smallest absolute Gasteiger partial charge is 0.325 e. The van der Waals surface area contributed by atoms with Crippen molar-refractivity contribution in [2.45, 2.75) is 45.5 Å². The summed E-state index contributed by atoms with van der Waals surface area (Å²) in [5.74, 6) is 0.961. The van der Waals surface area contributed by atoms with Gasteiger partial charge in [-0.25, -0.2) is 0 Å². The summed E-state index contributed by atoms with van der Waals surface area (Å²) >= 11 is 6.68. The Kier molecular flexibility index (Phi) is 12.1. The number of esters is 1. The third-order valence-electron chi connectivity index (χ3n) is 10.6. The van der Waals surface area contributed by atoms with E-state index in [0.29, 0.717) is 34.4 Å². The van der Waals surface area contributed by atoms with Crippen molar-refractivity contribution < 1.29 is 28.8 Å². The van der Waals surface area contributed by atoms with Crippen LogP contribution in [0.4, 0.5) is 0 Å². The number of ether oxygens (including phenoxy) is 4. The largest absolute Gasteiger partial charge is 0.496 e. The lowest BCUT2D eigenvalue weighted by molar-refractivity contribution is -0.148. The summed E-state index contributed by atoms with van der Waals surface area (Å²) in [7, 11) is 1.55. The number of pyridine rings is 2. The van der Waals surface area contributed by atoms with E-state index in [2.05, 4.69) is 45.1 Å². The van der Waals surface area contributed by atoms with E-state index in [4.69, 9.17) is 35.6 Å². The number of hydrogen-bond donors (Lipinski definition) is 2. The average Bonchev–Trinajstić information content (AvgIpc) is 3.88. The van der Waals surface area contributed by atoms with Crippen molar-refractivity contribution in [3.63, 3.8) is 0 Å². The van der Waals surface area contributed by atoms with Gasteiger partial charge in [-0.3, -0.25) is 24.8 Å². The average molecular weight is 810 g/mol. The summed E-state index contributed by atoms with van der Waals surface area (Å²) < 4.78 is 25.4. The quantitative estimate of drug-likeness (QED) is 0.0726. The first-order chi connectivity index (χ1) is 28.9. The lowest BCUT2D eigenvalue weighted by Gasteiger charge is -2.18. The van der Waals surface area contributed by atoms with Crippen molar-refractivity contribution in [3.8, 4) is 50.9 Å². The summed E-state index contributed by atoms with van der Waals surface area (Å²) in [5.41, 5.74) is 10.9. The number of nitrogens with zero attached hydrogens (tertiary/aromatic N) is 4. The Hall–Kier alpha value is -6.27. The van der Waals surface area contributed by atoms with Gasteiger partial charge in [-0.1, -0.05) is 66.2 Å². The number of aromatic nitrogens is 4. The molecule has 0 bridgehead atoms. The zero-order valence-corrected chi connectivity index (χ0v) is 33.6. The minimum absolute atomic E-state index is 0.0204. The molecule has 1 atom stereocenters. The van der Waals surface area contributed by atoms with Crippen LogP contribution in [0.1, 0.15) is 28.8 Å². The molecule has 8 rings (SSSR count). The number of carbonyl (C=O) groups is 1. The molecule has 1 aliphatic heterocycles. The molecule has 7 aromatic rings. The highest BCUT2D eigenvalue weighted by atomic mass is 35.5. The van der Waals surface area contributed by atoms with Gasteiger partial charge in [0.1, 0.15) is 48.8 Å². The molecule has 0 unspecified atom stereocenters. The van der Waals surface area contributed by atoms with Gasteiger partial charge >= 0.3 is 5.97 Å². The fourth-order valence-corrected chi connectivity index (χ4v) is 7.77. The molecule has 0 amide bonds. The van der Waals surface area contributed by atoms with E-state index < -0.39 is 18.6 Å². The molecule has 4 heterocycles. The second-order valence-electron chi connectivity index (χ2n) is 14.2. The van der Waals surface area contributed by atoms with Crippen LogP contribution in [-0.2, 0) is 35.6 Å². The highest BCUT2D eigenvalue weighted by molar-refractivity contribution is 6.32. The van der Waals surface area contributed by atoms with Gasteiger partial charge in [0.2, 0.25) is 0 Å². The maximum Gasteiger partial charge on any atom is 0.325 e. The summed E-state index contributed by atoms with van der Waals surface area (Å²) in [6, 6.07) is 32.5. The number of methoxy groups -OCH3 is 1. The molecular weight excluding hydrogens is 766 g/mol. The molecule has 0 saturated heterocycles. The van der Waals surface area contributed by atoms with E-state index in [-0.39, 0.29) is 19.8 Å². The number of rotatable bonds is 16. The van der Waals surface area contributed by atoms with Gasteiger partial charge in [-0.05, 0) is 84.0 Å². The third-order valence-corrected chi connectivity index (χ3v) is 10.9. The van der Waals surface area contributed by atoms with E-state index in [1.165, 1.54) is 5.69 Å². The fraction of sp³-hybridized carbons (Fsp3) is 0.234. The van der Waals surface area contributed by atoms with Crippen molar-refractivity contribution in [3.05, 3.63) is 143 Å². The van der Waals surface area contributed by atoms with Gasteiger partial charge in [0.15, 0.2) is 0 Å². The SMILES string of the molecule is COc1cc(OCc2cccc(-c3ccccc3)c2C)c(Cl)cc1CN[C@H](CO)C(=O)OCCOc1ccc2c(-c3c(-c4ccccn4)nn4c3CCC4)ccnc2c1. The molecule has 3 aromatic heterocycles. The molecule has 0 fully saturated rings. The van der Waals surface area contributed by atoms with E-state index in [1.54, 1.807) is 31.6 Å². The van der Waals surface area contributed by atoms with Crippen LogP contribution in [-0.4, -0.2) is 63.8 Å². The lowest BCUT2D eigenvalue weighted by Crippen LogP contribution is -2.41. The minimum atomic E-state index is -0.987. The van der Waals surface area contributed by atoms with Crippen LogP contribution in [0.5, 0.6) is 17.2 Å². The Balaban J connectivity index is 0.859. The van der Waals surface area contributed by atoms with Crippen molar-refractivity contribution >= 4 is 28.5 Å². The number of aliphatic hydroxyl groups excluding tert-OH is 1. The van der Waals surface area contributed by atoms with Gasteiger partial charge in [0.25, 0.3) is 0 Å². The molecule has 12 heteroatoms. The van der Waals surface area contributed by atoms with E-state index in [9.17, 15) is 9.90 Å². The summed E-state index contributed by atoms with van der Waals surface area (Å²) in [4.78, 5) is 22.2. The molecule has 4 aromatic carbocycles. The van der Waals surface area contributed by atoms with Crippen molar-refractivity contribution in [2.24, 2.45) is 0 Å². The number of hydrogen-bond acceptors (Lipinski definition) is 10. The molecule has 11 nitrogen and oxygen atoms in total. The first-order valence-electron chi connectivity index (χ1n) is 19.6. The third kappa shape index (κ3) is 8.63. The first kappa shape index (κ1) is 39.6. The normalized spacial score (nSPS) is 12.6. The fourth-order valence-electron chi connectivity index (χ4n) is 7.53. The van der Waals surface area contributed by atoms with Crippen LogP contribution in [0.25, 0.3) is 44.5 Å². The second-order valence-corrected chi connectivity index (χ2v) is 14.6. The minimum Gasteiger partial charge on any atom is -0.496 e. The van der Waals surface area contributed by atoms with Crippen LogP contribution in [0.2, 0.25) is 5.02 Å². The molecule has 2 N–H and O–H groups in total. The Morgan fingerprint density at radius 1 is 0.881 bits per heavy atom. The van der Waals surface area contributed by atoms with Crippen LogP contribution in [0, 0.1) is 6.92 Å². The second kappa shape index (κ2) is 18.1. The molecule has 1 aliphatic rings. The maximum atomic E-state index is 13.0. The van der Waals surface area contributed by atoms with Crippen molar-refractivity contribution in [1.29, 1.82) is 0 Å². The Bertz CT molecular complexity index is 2580. The number of aliphatic hydroxyl groups is 1. The monoisotopic (exact) mass is 809 g/mol. The standard InChI is InChI=1S/C47H44ClN5O6/c1-30-32(12-8-13-35(30)31-10-4-3-5-11-31)29-59-44-26-43(56-2)33(24-38(44)48)27-51-41(28-54)47(55)58-23-22-57-34-16-17-36-37(18-20-50-40(36)25-34)45-42-15-9-21-53(42)52-46(45)39-14-6-7-19-49-39/h3-8,10-14,16-20,24-26,41,51,54H,9,15,21-23,27-29H2,1-2H3/t41-/m1/s1. The highest BCUT2D eigenvalue weighted by Gasteiger charge is 2.26. The number of halogens is 1. The highest BCUT2D eigenvalue weighted by Crippen LogP contribution is 2.40. The molecule has 300 valence electrons. The first-order valence-corrected chi connectivity index (χ1v) is 20.0. The number of carbonyl (C=O) groups excluding carboxylic acids is 1. The number of nitrogens with one attached hydrogen (secondary N) is 1. The number of aryl methyl sites for hydroxylation is 1. The molecule has 0 saturated carbocycles. The molecular formula is C47H44ClN5O6. The molecule has 0 spiro atoms. The van der Waals surface area contributed by atoms with Gasteiger partial charge < -0.3 is 24.1 Å². The van der Waals surface area contributed by atoms with Gasteiger partial charge in [-0.15, -0.1) is 0 Å². The van der Waals surface area contributed by atoms with Gasteiger partial charge in [0.05, 0.1) is 29.9 Å². The van der Waals surface area contributed by atoms with Crippen LogP contribution in [0.3, 0.4) is 0 Å². The van der Waals surface area contributed by atoms with Crippen LogP contribution in [0.15, 0.2) is 116 Å². The molecule has 0 aliphatic carbocycles. The van der Waals surface area contributed by atoms with Crippen molar-refractivity contribution in [2.75, 3.05) is 26.9 Å². The Morgan fingerprint density at radius 2 is 1.75 bits per heavy atom. The number of fused-ring (bicyclic) bond motifs is 2. The summed E-state index contributed by atoms with van der Waals surface area (Å²) in [5, 5.41) is 19.4. The van der Waals surface area contributed by atoms with Gasteiger partial charge in [-0.2, -0.15) is 5.10 Å². The maximum absolute atomic E-state index is 13.0. The molecule has 0 radical (unpaired) electrons. The van der Waals surface area contributed by atoms with Gasteiger partial charge in [0, 0.05) is 59.8 Å². The number of benzene rings is 4.